The van der Waals surface area contributed by atoms with Gasteiger partial charge in [0, 0.05) is 6.92 Å². The zero-order valence-electron chi connectivity index (χ0n) is 13.4. The Balaban J connectivity index is 4.92. The number of carbonyl (C=O) groups excluding carboxylic acids is 1. The van der Waals surface area contributed by atoms with Crippen molar-refractivity contribution in [3.8, 4) is 23.8 Å². The maximum Gasteiger partial charge on any atom is 0.302 e. The van der Waals surface area contributed by atoms with Crippen molar-refractivity contribution in [2.45, 2.75) is 64.0 Å². The van der Waals surface area contributed by atoms with Crippen LogP contribution in [-0.4, -0.2) is 42.6 Å². The quantitative estimate of drug-likeness (QED) is 0.427. The maximum absolute atomic E-state index is 10.7. The summed E-state index contributed by atoms with van der Waals surface area (Å²) < 4.78 is 4.68. The lowest BCUT2D eigenvalue weighted by Crippen LogP contribution is -2.44. The maximum atomic E-state index is 10.7. The topological polar surface area (TPSA) is 66.8 Å². The van der Waals surface area contributed by atoms with Gasteiger partial charge in [0.25, 0.3) is 0 Å². The summed E-state index contributed by atoms with van der Waals surface area (Å²) in [6.45, 7) is 7.30. The number of rotatable bonds is 7. The van der Waals surface area contributed by atoms with E-state index in [9.17, 15) is 15.0 Å². The number of ether oxygens (including phenoxy) is 1. The second-order valence-corrected chi connectivity index (χ2v) is 10.1. The minimum Gasteiger partial charge on any atom is -0.463 e. The molecule has 0 aromatic rings. The third kappa shape index (κ3) is 5.93. The van der Waals surface area contributed by atoms with Gasteiger partial charge in [-0.2, -0.15) is 0 Å². The molecule has 0 fully saturated rings. The van der Waals surface area contributed by atoms with Crippen LogP contribution in [0.25, 0.3) is 0 Å². The average Bonchev–Trinajstić information content (AvgIpc) is 2.49. The summed E-state index contributed by atoms with van der Waals surface area (Å²) in [5.74, 6) is 4.59. The SMILES string of the molecule is C#C[C@](O)(CC#C[Si](CC)(CC)CC)[C@H](O)COC(C)=O. The first-order valence-corrected chi connectivity index (χ1v) is 9.92. The van der Waals surface area contributed by atoms with Crippen LogP contribution in [0.5, 0.6) is 0 Å². The van der Waals surface area contributed by atoms with Crippen molar-refractivity contribution in [2.24, 2.45) is 0 Å². The predicted molar refractivity (Wildman–Crippen MR) is 86.0 cm³/mol. The molecule has 2 atom stereocenters. The molecule has 0 unspecified atom stereocenters. The molecule has 4 nitrogen and oxygen atoms in total. The normalized spacial score (nSPS) is 15.1. The van der Waals surface area contributed by atoms with E-state index in [0.29, 0.717) is 0 Å². The second kappa shape index (κ2) is 8.89. The first-order chi connectivity index (χ1) is 9.79. The van der Waals surface area contributed by atoms with Gasteiger partial charge >= 0.3 is 5.97 Å². The number of esters is 1. The Morgan fingerprint density at radius 3 is 2.24 bits per heavy atom. The van der Waals surface area contributed by atoms with Crippen LogP contribution in [0.15, 0.2) is 0 Å². The highest BCUT2D eigenvalue weighted by Crippen LogP contribution is 2.20. The number of hydrogen-bond acceptors (Lipinski definition) is 4. The van der Waals surface area contributed by atoms with Gasteiger partial charge in [-0.25, -0.2) is 0 Å². The molecule has 0 aliphatic carbocycles. The molecule has 2 N–H and O–H groups in total. The molecule has 5 heteroatoms. The largest absolute Gasteiger partial charge is 0.463 e. The van der Waals surface area contributed by atoms with E-state index in [0.717, 1.165) is 18.1 Å². The van der Waals surface area contributed by atoms with Crippen LogP contribution < -0.4 is 0 Å². The summed E-state index contributed by atoms with van der Waals surface area (Å²) in [6, 6.07) is 3.16. The van der Waals surface area contributed by atoms with E-state index in [2.05, 4.69) is 42.9 Å². The van der Waals surface area contributed by atoms with E-state index in [4.69, 9.17) is 6.42 Å². The van der Waals surface area contributed by atoms with E-state index < -0.39 is 25.7 Å². The Bertz CT molecular complexity index is 431. The van der Waals surface area contributed by atoms with Crippen molar-refractivity contribution >= 4 is 14.0 Å². The summed E-state index contributed by atoms with van der Waals surface area (Å²) in [6.07, 6.45) is 3.93. The van der Waals surface area contributed by atoms with Crippen LogP contribution in [0.1, 0.15) is 34.1 Å². The molecule has 21 heavy (non-hydrogen) atoms. The first-order valence-electron chi connectivity index (χ1n) is 7.30. The van der Waals surface area contributed by atoms with E-state index in [1.54, 1.807) is 0 Å². The fourth-order valence-electron chi connectivity index (χ4n) is 1.98. The summed E-state index contributed by atoms with van der Waals surface area (Å²) in [4.78, 5) is 10.7. The summed E-state index contributed by atoms with van der Waals surface area (Å²) in [5.41, 5.74) is 1.51. The number of hydrogen-bond donors (Lipinski definition) is 2. The van der Waals surface area contributed by atoms with Crippen LogP contribution >= 0.6 is 0 Å². The monoisotopic (exact) mass is 310 g/mol. The van der Waals surface area contributed by atoms with Gasteiger partial charge < -0.3 is 14.9 Å². The molecule has 0 saturated heterocycles. The highest BCUT2D eigenvalue weighted by molar-refractivity contribution is 6.87. The lowest BCUT2D eigenvalue weighted by molar-refractivity contribution is -0.148. The number of terminal acetylenes is 1. The minimum atomic E-state index is -1.79. The molecular weight excluding hydrogens is 284 g/mol. The average molecular weight is 310 g/mol. The Morgan fingerprint density at radius 2 is 1.86 bits per heavy atom. The highest BCUT2D eigenvalue weighted by atomic mass is 28.3. The molecule has 0 radical (unpaired) electrons. The summed E-state index contributed by atoms with van der Waals surface area (Å²) in [5, 5.41) is 20.1. The van der Waals surface area contributed by atoms with Gasteiger partial charge in [-0.1, -0.05) is 26.7 Å². The zero-order chi connectivity index (χ0) is 16.5. The summed E-state index contributed by atoms with van der Waals surface area (Å²) in [7, 11) is -1.61. The minimum absolute atomic E-state index is 0.0271. The van der Waals surface area contributed by atoms with Crippen LogP contribution in [0.4, 0.5) is 0 Å². The van der Waals surface area contributed by atoms with Gasteiger partial charge in [0.05, 0.1) is 6.42 Å². The van der Waals surface area contributed by atoms with Crippen LogP contribution in [-0.2, 0) is 9.53 Å². The van der Waals surface area contributed by atoms with Gasteiger partial charge in [-0.15, -0.1) is 17.9 Å². The number of aliphatic hydroxyl groups excluding tert-OH is 1. The van der Waals surface area contributed by atoms with Crippen LogP contribution in [0.2, 0.25) is 18.1 Å². The highest BCUT2D eigenvalue weighted by Gasteiger charge is 2.34. The van der Waals surface area contributed by atoms with Crippen molar-refractivity contribution in [3.05, 3.63) is 0 Å². The molecule has 0 aromatic carbocycles. The Morgan fingerprint density at radius 1 is 1.33 bits per heavy atom. The van der Waals surface area contributed by atoms with Crippen LogP contribution in [0.3, 0.4) is 0 Å². The van der Waals surface area contributed by atoms with Crippen LogP contribution in [0, 0.1) is 23.8 Å². The molecule has 0 spiro atoms. The zero-order valence-corrected chi connectivity index (χ0v) is 14.4. The van der Waals surface area contributed by atoms with E-state index in [-0.39, 0.29) is 13.0 Å². The molecule has 118 valence electrons. The van der Waals surface area contributed by atoms with Gasteiger partial charge in [-0.05, 0) is 18.1 Å². The second-order valence-electron chi connectivity index (χ2n) is 5.21. The van der Waals surface area contributed by atoms with Gasteiger partial charge in [-0.3, -0.25) is 4.79 Å². The third-order valence-corrected chi connectivity index (χ3v) is 8.76. The lowest BCUT2D eigenvalue weighted by Gasteiger charge is -2.26. The Hall–Kier alpha value is -1.27. The molecule has 0 amide bonds. The molecule has 0 saturated carbocycles. The standard InChI is InChI=1S/C16H26O4Si/c1-6-16(19,15(18)13-20-14(5)17)11-10-12-21(7-2,8-3)9-4/h1,15,18-19H,7-9,11,13H2,2-5H3/t15-,16+/m1/s1. The van der Waals surface area contributed by atoms with Gasteiger partial charge in [0.2, 0.25) is 0 Å². The van der Waals surface area contributed by atoms with Crippen molar-refractivity contribution in [1.29, 1.82) is 0 Å². The molecule has 0 aliphatic rings. The van der Waals surface area contributed by atoms with Crippen molar-refractivity contribution in [2.75, 3.05) is 6.61 Å². The lowest BCUT2D eigenvalue weighted by atomic mass is 9.94. The number of carbonyl (C=O) groups is 1. The molecule has 0 heterocycles. The summed E-state index contributed by atoms with van der Waals surface area (Å²) >= 11 is 0. The fourth-order valence-corrected chi connectivity index (χ4v) is 4.47. The molecular formula is C16H26O4Si. The predicted octanol–water partition coefficient (Wildman–Crippen LogP) is 1.72. The Kier molecular flexibility index (Phi) is 8.35. The van der Waals surface area contributed by atoms with E-state index in [1.165, 1.54) is 6.92 Å². The molecule has 0 aliphatic heterocycles. The smallest absolute Gasteiger partial charge is 0.302 e. The van der Waals surface area contributed by atoms with Crippen molar-refractivity contribution in [3.63, 3.8) is 0 Å². The van der Waals surface area contributed by atoms with Gasteiger partial charge in [0.1, 0.15) is 20.8 Å². The van der Waals surface area contributed by atoms with Crippen molar-refractivity contribution < 1.29 is 19.7 Å². The van der Waals surface area contributed by atoms with Crippen molar-refractivity contribution in [1.82, 2.24) is 0 Å². The van der Waals surface area contributed by atoms with E-state index >= 15 is 0 Å². The number of aliphatic hydroxyl groups is 2. The molecule has 0 bridgehead atoms. The third-order valence-electron chi connectivity index (χ3n) is 3.99. The fraction of sp³-hybridized carbons (Fsp3) is 0.688. The Labute approximate surface area is 128 Å². The van der Waals surface area contributed by atoms with Gasteiger partial charge in [0.15, 0.2) is 5.60 Å². The molecule has 0 aromatic heterocycles. The first kappa shape index (κ1) is 19.7. The van der Waals surface area contributed by atoms with E-state index in [1.807, 2.05) is 0 Å². The molecule has 0 rings (SSSR count).